The summed E-state index contributed by atoms with van der Waals surface area (Å²) in [5.41, 5.74) is 10.4. The summed E-state index contributed by atoms with van der Waals surface area (Å²) < 4.78 is 0. The molecule has 2 heteroatoms. The highest BCUT2D eigenvalue weighted by atomic mass is 14.7. The zero-order valence-corrected chi connectivity index (χ0v) is 22.1. The van der Waals surface area contributed by atoms with Gasteiger partial charge in [-0.2, -0.15) is 0 Å². The summed E-state index contributed by atoms with van der Waals surface area (Å²) in [7, 11) is 1.88. The van der Waals surface area contributed by atoms with E-state index in [1.807, 2.05) is 25.5 Å². The average molecular weight is 503 g/mol. The predicted octanol–water partition coefficient (Wildman–Crippen LogP) is 9.19. The number of fused-ring (bicyclic) bond motifs is 1. The van der Waals surface area contributed by atoms with Crippen molar-refractivity contribution in [3.63, 3.8) is 0 Å². The molecule has 0 saturated carbocycles. The van der Waals surface area contributed by atoms with Crippen LogP contribution in [0.4, 0.5) is 0 Å². The first-order chi connectivity index (χ1) is 19.3. The van der Waals surface area contributed by atoms with E-state index in [4.69, 9.17) is 4.99 Å². The molecule has 0 radical (unpaired) electrons. The molecule has 0 aliphatic heterocycles. The molecule has 0 atom stereocenters. The standard InChI is InChI=1S/C37H30N2/c1-38-37(32-18-8-15-29(24-32)27-11-3-2-4-12-27)25-36(35-21-9-14-28-13-5-6-20-34(28)35)31-17-7-16-30(23-31)33-19-10-22-39-26-33/h2-3,5-11,13-26H,4,12H2,1H3/b36-25-,38-37+. The molecule has 0 fully saturated rings. The zero-order valence-electron chi connectivity index (χ0n) is 22.1. The summed E-state index contributed by atoms with van der Waals surface area (Å²) in [4.78, 5) is 9.13. The number of hydrogen-bond acceptors (Lipinski definition) is 2. The van der Waals surface area contributed by atoms with E-state index >= 15 is 0 Å². The molecular formula is C37H30N2. The number of nitrogens with zero attached hydrogens (tertiary/aromatic N) is 2. The Kier molecular flexibility index (Phi) is 7.09. The van der Waals surface area contributed by atoms with Crippen molar-refractivity contribution in [3.8, 4) is 11.1 Å². The molecule has 188 valence electrons. The smallest absolute Gasteiger partial charge is 0.0649 e. The van der Waals surface area contributed by atoms with Gasteiger partial charge >= 0.3 is 0 Å². The van der Waals surface area contributed by atoms with Crippen LogP contribution in [0.1, 0.15) is 35.1 Å². The summed E-state index contributed by atoms with van der Waals surface area (Å²) in [6.07, 6.45) is 14.7. The van der Waals surface area contributed by atoms with Crippen LogP contribution < -0.4 is 0 Å². The molecule has 5 aromatic rings. The number of aliphatic imine (C=N–C) groups is 1. The topological polar surface area (TPSA) is 25.2 Å². The van der Waals surface area contributed by atoms with Crippen LogP contribution in [0.25, 0.3) is 33.0 Å². The van der Waals surface area contributed by atoms with E-state index in [0.717, 1.165) is 46.4 Å². The van der Waals surface area contributed by atoms with E-state index in [-0.39, 0.29) is 0 Å². The Bertz CT molecular complexity index is 1750. The molecule has 1 aromatic heterocycles. The Morgan fingerprint density at radius 2 is 1.54 bits per heavy atom. The van der Waals surface area contributed by atoms with Crippen molar-refractivity contribution < 1.29 is 0 Å². The Morgan fingerprint density at radius 3 is 2.36 bits per heavy atom. The monoisotopic (exact) mass is 502 g/mol. The minimum absolute atomic E-state index is 0.957. The highest BCUT2D eigenvalue weighted by Gasteiger charge is 2.14. The quantitative estimate of drug-likeness (QED) is 0.212. The molecule has 0 bridgehead atoms. The van der Waals surface area contributed by atoms with E-state index in [1.54, 1.807) is 0 Å². The number of hydrogen-bond donors (Lipinski definition) is 0. The fourth-order valence-corrected chi connectivity index (χ4v) is 5.31. The second kappa shape index (κ2) is 11.3. The van der Waals surface area contributed by atoms with Gasteiger partial charge in [-0.1, -0.05) is 103 Å². The summed E-state index contributed by atoms with van der Waals surface area (Å²) in [6, 6.07) is 36.7. The van der Waals surface area contributed by atoms with E-state index < -0.39 is 0 Å². The molecule has 1 aliphatic carbocycles. The summed E-state index contributed by atoms with van der Waals surface area (Å²) in [5.74, 6) is 0. The van der Waals surface area contributed by atoms with Gasteiger partial charge in [0.1, 0.15) is 0 Å². The third kappa shape index (κ3) is 5.28. The maximum absolute atomic E-state index is 4.79. The molecule has 0 saturated heterocycles. The number of aromatic nitrogens is 1. The Morgan fingerprint density at radius 1 is 0.769 bits per heavy atom. The van der Waals surface area contributed by atoms with Gasteiger partial charge < -0.3 is 0 Å². The number of allylic oxidation sites excluding steroid dienone is 5. The van der Waals surface area contributed by atoms with Gasteiger partial charge in [0.15, 0.2) is 0 Å². The minimum atomic E-state index is 0.957. The lowest BCUT2D eigenvalue weighted by Crippen LogP contribution is -2.02. The van der Waals surface area contributed by atoms with Crippen molar-refractivity contribution in [2.75, 3.05) is 7.05 Å². The van der Waals surface area contributed by atoms with Crippen molar-refractivity contribution in [1.29, 1.82) is 0 Å². The Balaban J connectivity index is 1.52. The number of rotatable bonds is 6. The first-order valence-electron chi connectivity index (χ1n) is 13.4. The zero-order chi connectivity index (χ0) is 26.4. The Hall–Kier alpha value is -4.82. The van der Waals surface area contributed by atoms with Crippen LogP contribution in [0.2, 0.25) is 0 Å². The number of benzene rings is 4. The normalized spacial score (nSPS) is 13.9. The van der Waals surface area contributed by atoms with Gasteiger partial charge in [0.2, 0.25) is 0 Å². The van der Waals surface area contributed by atoms with E-state index in [9.17, 15) is 0 Å². The van der Waals surface area contributed by atoms with Crippen molar-refractivity contribution in [1.82, 2.24) is 4.98 Å². The predicted molar refractivity (Wildman–Crippen MR) is 166 cm³/mol. The van der Waals surface area contributed by atoms with Crippen molar-refractivity contribution >= 4 is 27.6 Å². The largest absolute Gasteiger partial charge is 0.288 e. The Labute approximate surface area is 230 Å². The van der Waals surface area contributed by atoms with Gasteiger partial charge in [-0.3, -0.25) is 9.98 Å². The molecule has 0 spiro atoms. The fourth-order valence-electron chi connectivity index (χ4n) is 5.31. The lowest BCUT2D eigenvalue weighted by Gasteiger charge is -2.15. The maximum Gasteiger partial charge on any atom is 0.0649 e. The first kappa shape index (κ1) is 24.5. The van der Waals surface area contributed by atoms with Gasteiger partial charge in [0.05, 0.1) is 5.71 Å². The number of pyridine rings is 1. The van der Waals surface area contributed by atoms with Gasteiger partial charge in [0, 0.05) is 30.6 Å². The first-order valence-corrected chi connectivity index (χ1v) is 13.4. The highest BCUT2D eigenvalue weighted by molar-refractivity contribution is 6.15. The van der Waals surface area contributed by atoms with Crippen LogP contribution in [0.15, 0.2) is 145 Å². The third-order valence-corrected chi connectivity index (χ3v) is 7.31. The second-order valence-corrected chi connectivity index (χ2v) is 9.76. The van der Waals surface area contributed by atoms with Crippen LogP contribution in [-0.4, -0.2) is 17.7 Å². The molecular weight excluding hydrogens is 472 g/mol. The molecule has 2 nitrogen and oxygen atoms in total. The van der Waals surface area contributed by atoms with E-state index in [2.05, 4.69) is 126 Å². The fraction of sp³-hybridized carbons (Fsp3) is 0.0811. The second-order valence-electron chi connectivity index (χ2n) is 9.76. The van der Waals surface area contributed by atoms with Crippen molar-refractivity contribution in [3.05, 3.63) is 162 Å². The average Bonchev–Trinajstić information content (AvgIpc) is 3.02. The summed E-state index contributed by atoms with van der Waals surface area (Å²) in [5, 5.41) is 2.44. The van der Waals surface area contributed by atoms with E-state index in [0.29, 0.717) is 0 Å². The van der Waals surface area contributed by atoms with Crippen LogP contribution in [0.5, 0.6) is 0 Å². The molecule has 1 aliphatic rings. The lowest BCUT2D eigenvalue weighted by atomic mass is 9.89. The third-order valence-electron chi connectivity index (χ3n) is 7.31. The van der Waals surface area contributed by atoms with Gasteiger partial charge in [-0.25, -0.2) is 0 Å². The molecule has 0 amide bonds. The minimum Gasteiger partial charge on any atom is -0.288 e. The summed E-state index contributed by atoms with van der Waals surface area (Å²) >= 11 is 0. The van der Waals surface area contributed by atoms with Crippen LogP contribution in [0, 0.1) is 0 Å². The molecule has 4 aromatic carbocycles. The maximum atomic E-state index is 4.79. The van der Waals surface area contributed by atoms with Crippen molar-refractivity contribution in [2.24, 2.45) is 4.99 Å². The van der Waals surface area contributed by atoms with Gasteiger partial charge in [-0.15, -0.1) is 0 Å². The lowest BCUT2D eigenvalue weighted by molar-refractivity contribution is 1.05. The van der Waals surface area contributed by atoms with E-state index in [1.165, 1.54) is 27.5 Å². The SMILES string of the molecule is C/N=C(\C=C(\c1cccc(-c2cccnc2)c1)c1cccc2ccccc12)c1cccc(C2=CC=CCC2)c1. The molecule has 39 heavy (non-hydrogen) atoms. The molecule has 1 heterocycles. The van der Waals surface area contributed by atoms with Crippen LogP contribution in [0.3, 0.4) is 0 Å². The van der Waals surface area contributed by atoms with Gasteiger partial charge in [-0.05, 0) is 81.3 Å². The molecule has 6 rings (SSSR count). The molecule has 0 N–H and O–H groups in total. The van der Waals surface area contributed by atoms with Crippen molar-refractivity contribution in [2.45, 2.75) is 12.8 Å². The van der Waals surface area contributed by atoms with Crippen LogP contribution in [-0.2, 0) is 0 Å². The van der Waals surface area contributed by atoms with Crippen LogP contribution >= 0.6 is 0 Å². The summed E-state index contributed by atoms with van der Waals surface area (Å²) in [6.45, 7) is 0. The highest BCUT2D eigenvalue weighted by Crippen LogP contribution is 2.33. The van der Waals surface area contributed by atoms with Gasteiger partial charge in [0.25, 0.3) is 0 Å². The molecule has 0 unspecified atom stereocenters.